The number of anilines is 3. The summed E-state index contributed by atoms with van der Waals surface area (Å²) in [6, 6.07) is 17.8. The van der Waals surface area contributed by atoms with Gasteiger partial charge in [0.05, 0.1) is 11.6 Å². The Kier molecular flexibility index (Phi) is 7.74. The average molecular weight is 447 g/mol. The van der Waals surface area contributed by atoms with E-state index < -0.39 is 0 Å². The van der Waals surface area contributed by atoms with Crippen molar-refractivity contribution in [2.75, 3.05) is 88.2 Å². The summed E-state index contributed by atoms with van der Waals surface area (Å²) in [6.45, 7) is 9.25. The smallest absolute Gasteiger partial charge is 0.0995 e. The Bertz CT molecular complexity index is 934. The third-order valence-corrected chi connectivity index (χ3v) is 6.98. The van der Waals surface area contributed by atoms with Crippen LogP contribution >= 0.6 is 0 Å². The van der Waals surface area contributed by atoms with Crippen LogP contribution in [0.5, 0.6) is 0 Å². The minimum Gasteiger partial charge on any atom is -0.373 e. The summed E-state index contributed by atoms with van der Waals surface area (Å²) in [6.07, 6.45) is 2.62. The number of rotatable bonds is 8. The van der Waals surface area contributed by atoms with Crippen molar-refractivity contribution >= 4 is 17.1 Å². The fourth-order valence-electron chi connectivity index (χ4n) is 4.79. The molecule has 2 aromatic rings. The number of nitrogens with zero attached hydrogens (tertiary/aromatic N) is 6. The molecule has 2 heterocycles. The standard InChI is InChI=1S/C27H38N6/c1-29(2)14-15-30(3)27-7-6-23(21-28)24(20-27)22-31-16-18-33(19-17-31)26-10-8-25(9-11-26)32-12-4-5-13-32/h6-11,20H,4-5,12-19,22H2,1-3H3. The second kappa shape index (κ2) is 10.9. The van der Waals surface area contributed by atoms with Crippen molar-refractivity contribution in [1.82, 2.24) is 9.80 Å². The van der Waals surface area contributed by atoms with Crippen molar-refractivity contribution in [3.05, 3.63) is 53.6 Å². The molecule has 0 spiro atoms. The van der Waals surface area contributed by atoms with E-state index in [1.807, 2.05) is 6.07 Å². The lowest BCUT2D eigenvalue weighted by atomic mass is 10.1. The Morgan fingerprint density at radius 3 is 1.97 bits per heavy atom. The number of piperazine rings is 1. The van der Waals surface area contributed by atoms with Crippen molar-refractivity contribution in [2.45, 2.75) is 19.4 Å². The van der Waals surface area contributed by atoms with Crippen LogP contribution in [0.25, 0.3) is 0 Å². The van der Waals surface area contributed by atoms with Crippen LogP contribution in [0.3, 0.4) is 0 Å². The molecule has 0 unspecified atom stereocenters. The summed E-state index contributed by atoms with van der Waals surface area (Å²) in [5, 5.41) is 9.64. The van der Waals surface area contributed by atoms with Gasteiger partial charge in [-0.3, -0.25) is 4.90 Å². The molecule has 2 aliphatic heterocycles. The van der Waals surface area contributed by atoms with Crippen molar-refractivity contribution in [2.24, 2.45) is 0 Å². The zero-order valence-electron chi connectivity index (χ0n) is 20.5. The molecule has 6 heteroatoms. The Labute approximate surface area is 199 Å². The maximum atomic E-state index is 9.64. The molecule has 0 amide bonds. The van der Waals surface area contributed by atoms with Crippen LogP contribution in [0, 0.1) is 11.3 Å². The van der Waals surface area contributed by atoms with Gasteiger partial charge >= 0.3 is 0 Å². The van der Waals surface area contributed by atoms with E-state index in [-0.39, 0.29) is 0 Å². The number of nitriles is 1. The quantitative estimate of drug-likeness (QED) is 0.618. The lowest BCUT2D eigenvalue weighted by Crippen LogP contribution is -2.46. The Balaban J connectivity index is 1.34. The van der Waals surface area contributed by atoms with Gasteiger partial charge in [0.2, 0.25) is 0 Å². The number of benzene rings is 2. The predicted octanol–water partition coefficient (Wildman–Crippen LogP) is 3.48. The zero-order chi connectivity index (χ0) is 23.2. The van der Waals surface area contributed by atoms with Gasteiger partial charge in [-0.2, -0.15) is 5.26 Å². The van der Waals surface area contributed by atoms with E-state index in [2.05, 4.69) is 88.1 Å². The molecular formula is C27H38N6. The Morgan fingerprint density at radius 2 is 1.39 bits per heavy atom. The lowest BCUT2D eigenvalue weighted by Gasteiger charge is -2.36. The maximum Gasteiger partial charge on any atom is 0.0995 e. The SMILES string of the molecule is CN(C)CCN(C)c1ccc(C#N)c(CN2CCN(c3ccc(N4CCCC4)cc3)CC2)c1. The third-order valence-electron chi connectivity index (χ3n) is 6.98. The molecule has 4 rings (SSSR count). The summed E-state index contributed by atoms with van der Waals surface area (Å²) < 4.78 is 0. The van der Waals surface area contributed by atoms with Gasteiger partial charge in [0, 0.05) is 83.0 Å². The van der Waals surface area contributed by atoms with Gasteiger partial charge in [-0.1, -0.05) is 0 Å². The highest BCUT2D eigenvalue weighted by molar-refractivity contribution is 5.57. The Hall–Kier alpha value is -2.75. The van der Waals surface area contributed by atoms with E-state index in [1.54, 1.807) is 0 Å². The monoisotopic (exact) mass is 446 g/mol. The normalized spacial score (nSPS) is 16.9. The fourth-order valence-corrected chi connectivity index (χ4v) is 4.79. The maximum absolute atomic E-state index is 9.64. The van der Waals surface area contributed by atoms with E-state index in [1.165, 1.54) is 43.0 Å². The molecule has 0 aliphatic carbocycles. The highest BCUT2D eigenvalue weighted by atomic mass is 15.3. The molecule has 0 radical (unpaired) electrons. The van der Waals surface area contributed by atoms with E-state index in [4.69, 9.17) is 0 Å². The molecule has 0 saturated carbocycles. The molecule has 0 atom stereocenters. The van der Waals surface area contributed by atoms with Gasteiger partial charge in [-0.05, 0) is 75.0 Å². The number of hydrogen-bond donors (Lipinski definition) is 0. The van der Waals surface area contributed by atoms with Gasteiger partial charge in [0.25, 0.3) is 0 Å². The topological polar surface area (TPSA) is 40.0 Å². The van der Waals surface area contributed by atoms with Gasteiger partial charge in [-0.15, -0.1) is 0 Å². The van der Waals surface area contributed by atoms with Crippen molar-refractivity contribution in [3.8, 4) is 6.07 Å². The van der Waals surface area contributed by atoms with Gasteiger partial charge in [-0.25, -0.2) is 0 Å². The molecule has 2 aliphatic rings. The molecule has 0 N–H and O–H groups in total. The van der Waals surface area contributed by atoms with Crippen molar-refractivity contribution in [3.63, 3.8) is 0 Å². The molecule has 0 aromatic heterocycles. The lowest BCUT2D eigenvalue weighted by molar-refractivity contribution is 0.249. The van der Waals surface area contributed by atoms with E-state index in [9.17, 15) is 5.26 Å². The van der Waals surface area contributed by atoms with Crippen LogP contribution in [0.15, 0.2) is 42.5 Å². The van der Waals surface area contributed by atoms with Crippen LogP contribution < -0.4 is 14.7 Å². The molecule has 176 valence electrons. The van der Waals surface area contributed by atoms with Crippen LogP contribution in [0.1, 0.15) is 24.0 Å². The summed E-state index contributed by atoms with van der Waals surface area (Å²) in [5.41, 5.74) is 5.78. The third kappa shape index (κ3) is 5.98. The van der Waals surface area contributed by atoms with E-state index in [0.717, 1.165) is 56.9 Å². The second-order valence-corrected chi connectivity index (χ2v) is 9.65. The first-order valence-electron chi connectivity index (χ1n) is 12.2. The van der Waals surface area contributed by atoms with E-state index >= 15 is 0 Å². The summed E-state index contributed by atoms with van der Waals surface area (Å²) in [5.74, 6) is 0. The van der Waals surface area contributed by atoms with Crippen molar-refractivity contribution < 1.29 is 0 Å². The minimum atomic E-state index is 0.791. The summed E-state index contributed by atoms with van der Waals surface area (Å²) >= 11 is 0. The van der Waals surface area contributed by atoms with E-state index in [0.29, 0.717) is 0 Å². The van der Waals surface area contributed by atoms with Crippen LogP contribution in [-0.4, -0.2) is 83.3 Å². The van der Waals surface area contributed by atoms with Crippen LogP contribution in [-0.2, 0) is 6.54 Å². The van der Waals surface area contributed by atoms with Crippen molar-refractivity contribution in [1.29, 1.82) is 5.26 Å². The fraction of sp³-hybridized carbons (Fsp3) is 0.519. The molecule has 6 nitrogen and oxygen atoms in total. The van der Waals surface area contributed by atoms with Crippen LogP contribution in [0.4, 0.5) is 17.1 Å². The first-order valence-corrected chi connectivity index (χ1v) is 12.2. The summed E-state index contributed by atoms with van der Waals surface area (Å²) in [4.78, 5) is 11.9. The first kappa shape index (κ1) is 23.4. The highest BCUT2D eigenvalue weighted by Crippen LogP contribution is 2.25. The molecule has 2 aromatic carbocycles. The van der Waals surface area contributed by atoms with Gasteiger partial charge in [0.15, 0.2) is 0 Å². The average Bonchev–Trinajstić information content (AvgIpc) is 3.38. The second-order valence-electron chi connectivity index (χ2n) is 9.65. The number of likely N-dealkylation sites (N-methyl/N-ethyl adjacent to an activating group) is 2. The van der Waals surface area contributed by atoms with Gasteiger partial charge in [0.1, 0.15) is 0 Å². The first-order chi connectivity index (χ1) is 16.0. The Morgan fingerprint density at radius 1 is 0.788 bits per heavy atom. The molecule has 0 bridgehead atoms. The zero-order valence-corrected chi connectivity index (χ0v) is 20.5. The largest absolute Gasteiger partial charge is 0.373 e. The minimum absolute atomic E-state index is 0.791. The van der Waals surface area contributed by atoms with Crippen LogP contribution in [0.2, 0.25) is 0 Å². The highest BCUT2D eigenvalue weighted by Gasteiger charge is 2.20. The molecule has 2 saturated heterocycles. The molecule has 2 fully saturated rings. The molecular weight excluding hydrogens is 408 g/mol. The summed E-state index contributed by atoms with van der Waals surface area (Å²) in [7, 11) is 6.32. The molecule has 33 heavy (non-hydrogen) atoms. The number of hydrogen-bond acceptors (Lipinski definition) is 6. The van der Waals surface area contributed by atoms with Gasteiger partial charge < -0.3 is 19.6 Å². The predicted molar refractivity (Wildman–Crippen MR) is 138 cm³/mol.